The highest BCUT2D eigenvalue weighted by atomic mass is 79.9. The number of imidazole rings is 1. The number of amides is 1. The third kappa shape index (κ3) is 6.61. The number of hydrogen-bond acceptors (Lipinski definition) is 8. The maximum atomic E-state index is 12.6. The first-order valence-electron chi connectivity index (χ1n) is 11.6. The van der Waals surface area contributed by atoms with Gasteiger partial charge in [0.25, 0.3) is 0 Å². The Balaban J connectivity index is 1.45. The summed E-state index contributed by atoms with van der Waals surface area (Å²) in [5.41, 5.74) is 2.54. The molecule has 4 rings (SSSR count). The minimum Gasteiger partial charge on any atom is -0.358 e. The number of carbonyl (C=O) groups is 1. The third-order valence-electron chi connectivity index (χ3n) is 5.81. The van der Waals surface area contributed by atoms with Gasteiger partial charge in [-0.1, -0.05) is 5.92 Å². The van der Waals surface area contributed by atoms with Crippen molar-refractivity contribution in [3.05, 3.63) is 81.1 Å². The van der Waals surface area contributed by atoms with Crippen LogP contribution in [0.5, 0.6) is 0 Å². The molecule has 0 unspecified atom stereocenters. The lowest BCUT2D eigenvalue weighted by Crippen LogP contribution is -2.39. The third-order valence-corrected chi connectivity index (χ3v) is 6.51. The van der Waals surface area contributed by atoms with Gasteiger partial charge in [-0.15, -0.1) is 6.42 Å². The Bertz CT molecular complexity index is 1640. The highest BCUT2D eigenvalue weighted by molar-refractivity contribution is 9.10. The largest absolute Gasteiger partial charge is 0.390 e. The molecule has 0 aliphatic heterocycles. The van der Waals surface area contributed by atoms with E-state index in [1.54, 1.807) is 30.0 Å². The summed E-state index contributed by atoms with van der Waals surface area (Å²) in [5.74, 6) is 2.94. The van der Waals surface area contributed by atoms with Crippen LogP contribution in [0, 0.1) is 22.5 Å². The van der Waals surface area contributed by atoms with Crippen LogP contribution in [0.3, 0.4) is 0 Å². The lowest BCUT2D eigenvalue weighted by Gasteiger charge is -2.27. The normalized spacial score (nSPS) is 11.5. The number of benzene rings is 1. The first kappa shape index (κ1) is 27.4. The molecule has 1 amide bonds. The maximum Gasteiger partial charge on any atom is 0.390 e. The number of hydrogen-bond donors (Lipinski definition) is 2. The van der Waals surface area contributed by atoms with Gasteiger partial charge in [0, 0.05) is 34.2 Å². The van der Waals surface area contributed by atoms with E-state index < -0.39 is 4.92 Å². The smallest absolute Gasteiger partial charge is 0.358 e. The molecule has 39 heavy (non-hydrogen) atoms. The number of fused-ring (bicyclic) bond motifs is 1. The van der Waals surface area contributed by atoms with Crippen molar-refractivity contribution in [1.29, 1.82) is 0 Å². The van der Waals surface area contributed by atoms with Gasteiger partial charge in [-0.05, 0) is 56.2 Å². The molecule has 0 aliphatic carbocycles. The van der Waals surface area contributed by atoms with Crippen molar-refractivity contribution < 1.29 is 14.2 Å². The van der Waals surface area contributed by atoms with Crippen LogP contribution in [0.1, 0.15) is 11.3 Å². The van der Waals surface area contributed by atoms with E-state index >= 15 is 0 Å². The van der Waals surface area contributed by atoms with Crippen molar-refractivity contribution in [3.8, 4) is 12.3 Å². The number of quaternary nitrogens is 1. The number of aromatic nitrogens is 5. The van der Waals surface area contributed by atoms with Crippen LogP contribution in [0.15, 0.2) is 59.7 Å². The second-order valence-corrected chi connectivity index (χ2v) is 10.2. The summed E-state index contributed by atoms with van der Waals surface area (Å²) in [6, 6.07) is 7.21. The molecule has 13 heteroatoms. The molecule has 0 saturated heterocycles. The molecule has 198 valence electrons. The van der Waals surface area contributed by atoms with Crippen LogP contribution in [0.4, 0.5) is 23.1 Å². The first-order chi connectivity index (χ1) is 18.6. The van der Waals surface area contributed by atoms with E-state index in [1.807, 2.05) is 32.3 Å². The number of nitro groups is 1. The summed E-state index contributed by atoms with van der Waals surface area (Å²) >= 11 is 3.42. The second kappa shape index (κ2) is 11.4. The molecular weight excluding hydrogens is 566 g/mol. The lowest BCUT2D eigenvalue weighted by molar-refractivity contribution is -0.898. The van der Waals surface area contributed by atoms with Gasteiger partial charge in [-0.25, -0.2) is 15.0 Å². The van der Waals surface area contributed by atoms with E-state index in [2.05, 4.69) is 52.4 Å². The molecule has 0 bridgehead atoms. The molecule has 0 aliphatic rings. The Morgan fingerprint density at radius 3 is 2.79 bits per heavy atom. The lowest BCUT2D eigenvalue weighted by atomic mass is 10.2. The van der Waals surface area contributed by atoms with Crippen molar-refractivity contribution in [2.75, 3.05) is 31.3 Å². The summed E-state index contributed by atoms with van der Waals surface area (Å²) in [6.07, 6.45) is 13.1. The van der Waals surface area contributed by atoms with Gasteiger partial charge in [-0.2, -0.15) is 0 Å². The summed E-state index contributed by atoms with van der Waals surface area (Å²) in [4.78, 5) is 40.1. The van der Waals surface area contributed by atoms with Gasteiger partial charge >= 0.3 is 5.82 Å². The number of halogens is 1. The van der Waals surface area contributed by atoms with Gasteiger partial charge in [0.1, 0.15) is 24.5 Å². The van der Waals surface area contributed by atoms with Gasteiger partial charge in [0.05, 0.1) is 32.4 Å². The average molecular weight is 591 g/mol. The monoisotopic (exact) mass is 590 g/mol. The molecule has 1 aromatic carbocycles. The molecule has 3 aromatic heterocycles. The van der Waals surface area contributed by atoms with E-state index in [4.69, 9.17) is 6.42 Å². The Hall–Kier alpha value is -4.67. The van der Waals surface area contributed by atoms with Crippen LogP contribution < -0.4 is 10.6 Å². The topological polar surface area (TPSA) is 141 Å². The molecule has 2 N–H and O–H groups in total. The zero-order valence-electron chi connectivity index (χ0n) is 21.4. The molecule has 0 saturated carbocycles. The summed E-state index contributed by atoms with van der Waals surface area (Å²) in [6.45, 7) is 0.817. The molecule has 0 radical (unpaired) electrons. The van der Waals surface area contributed by atoms with Crippen molar-refractivity contribution in [2.24, 2.45) is 7.05 Å². The van der Waals surface area contributed by atoms with Crippen molar-refractivity contribution in [3.63, 3.8) is 0 Å². The second-order valence-electron chi connectivity index (χ2n) is 9.32. The highest BCUT2D eigenvalue weighted by Crippen LogP contribution is 2.27. The molecule has 3 heterocycles. The van der Waals surface area contributed by atoms with Gasteiger partial charge in [0.15, 0.2) is 5.69 Å². The van der Waals surface area contributed by atoms with Crippen LogP contribution >= 0.6 is 15.9 Å². The van der Waals surface area contributed by atoms with Crippen molar-refractivity contribution in [1.82, 2.24) is 24.5 Å². The molecular formula is C26H25BrN9O3+. The van der Waals surface area contributed by atoms with Gasteiger partial charge in [0.2, 0.25) is 12.2 Å². The number of rotatable bonds is 9. The number of pyridine rings is 1. The van der Waals surface area contributed by atoms with E-state index in [-0.39, 0.29) is 11.7 Å². The summed E-state index contributed by atoms with van der Waals surface area (Å²) in [7, 11) is 5.54. The van der Waals surface area contributed by atoms with Gasteiger partial charge in [-0.3, -0.25) is 4.79 Å². The summed E-state index contributed by atoms with van der Waals surface area (Å²) in [5, 5.41) is 17.9. The Kier molecular flexibility index (Phi) is 7.99. The quantitative estimate of drug-likeness (QED) is 0.0982. The van der Waals surface area contributed by atoms with Crippen LogP contribution in [-0.2, 0) is 18.4 Å². The zero-order chi connectivity index (χ0) is 28.2. The Morgan fingerprint density at radius 1 is 1.26 bits per heavy atom. The van der Waals surface area contributed by atoms with Crippen LogP contribution in [-0.4, -0.2) is 60.5 Å². The van der Waals surface area contributed by atoms with E-state index in [1.165, 1.54) is 18.7 Å². The van der Waals surface area contributed by atoms with E-state index in [0.29, 0.717) is 51.4 Å². The molecule has 0 atom stereocenters. The minimum absolute atomic E-state index is 0.165. The van der Waals surface area contributed by atoms with E-state index in [9.17, 15) is 14.9 Å². The predicted octanol–water partition coefficient (Wildman–Crippen LogP) is 3.93. The number of anilines is 3. The predicted molar refractivity (Wildman–Crippen MR) is 151 cm³/mol. The highest BCUT2D eigenvalue weighted by Gasteiger charge is 2.26. The number of likely N-dealkylation sites (N-methyl/N-ethyl adjacent to an activating group) is 1. The van der Waals surface area contributed by atoms with Crippen LogP contribution in [0.2, 0.25) is 0 Å². The number of carbonyl (C=O) groups excluding carboxylic acids is 1. The van der Waals surface area contributed by atoms with Gasteiger partial charge < -0.3 is 29.8 Å². The molecule has 4 aromatic rings. The first-order valence-corrected chi connectivity index (χ1v) is 12.4. The SMILES string of the molecule is C#Cc1cc(Nc2ncnc3cnc(NC(=O)/C=C/C[N+](C)(C)Cc4c([N+](=O)[O-])ncn4C)cc23)ccc1Br. The number of nitrogens with zero attached hydrogens (tertiary/aromatic N) is 7. The summed E-state index contributed by atoms with van der Waals surface area (Å²) < 4.78 is 2.82. The standard InChI is InChI=1S/C26H24BrN9O3/c1-5-17-11-18(8-9-20(17)27)32-25-19-12-23(28-13-21(19)29-15-30-25)33-24(37)7-6-10-36(3,4)14-22-26(35(38)39)31-16-34(22)2/h1,6-9,11-13,15-16H,10,14H2,2-4H3,(H-,28,29,30,32,33,37)/p+1/b7-6+. The Morgan fingerprint density at radius 2 is 2.05 bits per heavy atom. The van der Waals surface area contributed by atoms with Crippen molar-refractivity contribution >= 4 is 55.9 Å². The molecule has 0 fully saturated rings. The van der Waals surface area contributed by atoms with Crippen molar-refractivity contribution in [2.45, 2.75) is 6.54 Å². The minimum atomic E-state index is -0.491. The van der Waals surface area contributed by atoms with Crippen LogP contribution in [0.25, 0.3) is 10.9 Å². The fraction of sp³-hybridized carbons (Fsp3) is 0.192. The molecule has 0 spiro atoms. The average Bonchev–Trinajstić information content (AvgIpc) is 3.24. The fourth-order valence-electron chi connectivity index (χ4n) is 3.84. The zero-order valence-corrected chi connectivity index (χ0v) is 23.0. The number of nitrogens with one attached hydrogen (secondary N) is 2. The number of aryl methyl sites for hydroxylation is 1. The number of terminal acetylenes is 1. The fourth-order valence-corrected chi connectivity index (χ4v) is 4.20. The molecule has 12 nitrogen and oxygen atoms in total. The van der Waals surface area contributed by atoms with E-state index in [0.717, 1.165) is 10.2 Å². The Labute approximate surface area is 232 Å². The maximum absolute atomic E-state index is 12.6.